The number of carbonyl (C=O) groups excluding carboxylic acids is 1. The van der Waals surface area contributed by atoms with Gasteiger partial charge in [-0.05, 0) is 39.0 Å². The van der Waals surface area contributed by atoms with Crippen LogP contribution in [0.1, 0.15) is 32.0 Å². The Hall–Kier alpha value is -3.23. The number of H-pyrrole nitrogens is 1. The summed E-state index contributed by atoms with van der Waals surface area (Å²) in [6, 6.07) is 5.43. The van der Waals surface area contributed by atoms with Gasteiger partial charge in [0, 0.05) is 47.2 Å². The van der Waals surface area contributed by atoms with Crippen LogP contribution in [0.25, 0.3) is 10.9 Å². The predicted molar refractivity (Wildman–Crippen MR) is 109 cm³/mol. The number of amides is 2. The number of nitrogens with one attached hydrogen (secondary N) is 2. The first-order chi connectivity index (χ1) is 14.2. The number of halogens is 1. The summed E-state index contributed by atoms with van der Waals surface area (Å²) in [6.45, 7) is 5.90. The van der Waals surface area contributed by atoms with E-state index in [1.165, 1.54) is 4.90 Å². The Kier molecular flexibility index (Phi) is 6.19. The molecule has 0 unspecified atom stereocenters. The van der Waals surface area contributed by atoms with Gasteiger partial charge >= 0.3 is 12.2 Å². The molecule has 0 bridgehead atoms. The molecule has 1 aliphatic heterocycles. The average molecular weight is 419 g/mol. The van der Waals surface area contributed by atoms with Gasteiger partial charge in [-0.1, -0.05) is 0 Å². The van der Waals surface area contributed by atoms with Crippen LogP contribution >= 0.6 is 0 Å². The minimum absolute atomic E-state index is 0.0409. The summed E-state index contributed by atoms with van der Waals surface area (Å²) in [5, 5.41) is 12.6. The molecule has 0 atom stereocenters. The molecule has 0 radical (unpaired) electrons. The Morgan fingerprint density at radius 3 is 2.80 bits per heavy atom. The maximum atomic E-state index is 13.2. The highest BCUT2D eigenvalue weighted by molar-refractivity contribution is 5.86. The molecule has 0 fully saturated rings. The second kappa shape index (κ2) is 8.64. The van der Waals surface area contributed by atoms with Crippen molar-refractivity contribution < 1.29 is 28.6 Å². The first-order valence-corrected chi connectivity index (χ1v) is 9.65. The van der Waals surface area contributed by atoms with Crippen molar-refractivity contribution in [1.82, 2.24) is 15.2 Å². The normalized spacial score (nSPS) is 14.4. The Balaban J connectivity index is 1.64. The number of benzene rings is 1. The lowest BCUT2D eigenvalue weighted by molar-refractivity contribution is 0.0531. The number of aromatic nitrogens is 1. The zero-order valence-electron chi connectivity index (χ0n) is 17.3. The molecule has 162 valence electrons. The van der Waals surface area contributed by atoms with Gasteiger partial charge in [0.25, 0.3) is 0 Å². The van der Waals surface area contributed by atoms with E-state index in [-0.39, 0.29) is 18.7 Å². The van der Waals surface area contributed by atoms with Crippen molar-refractivity contribution >= 4 is 23.1 Å². The fourth-order valence-electron chi connectivity index (χ4n) is 3.24. The van der Waals surface area contributed by atoms with E-state index in [1.54, 1.807) is 26.8 Å². The van der Waals surface area contributed by atoms with Crippen molar-refractivity contribution in [2.24, 2.45) is 0 Å². The number of rotatable bonds is 5. The fourth-order valence-corrected chi connectivity index (χ4v) is 3.24. The third kappa shape index (κ3) is 5.22. The first kappa shape index (κ1) is 21.5. The van der Waals surface area contributed by atoms with Crippen LogP contribution in [0.3, 0.4) is 0 Å². The van der Waals surface area contributed by atoms with Gasteiger partial charge in [0.15, 0.2) is 0 Å². The zero-order valence-corrected chi connectivity index (χ0v) is 17.3. The number of nitrogens with zero attached hydrogens (tertiary/aromatic N) is 1. The van der Waals surface area contributed by atoms with Crippen molar-refractivity contribution in [2.45, 2.75) is 39.3 Å². The Morgan fingerprint density at radius 1 is 1.37 bits per heavy atom. The quantitative estimate of drug-likeness (QED) is 0.681. The topological polar surface area (TPSA) is 104 Å². The summed E-state index contributed by atoms with van der Waals surface area (Å²) >= 11 is 0. The van der Waals surface area contributed by atoms with Crippen molar-refractivity contribution in [1.29, 1.82) is 0 Å². The van der Waals surface area contributed by atoms with E-state index in [0.717, 1.165) is 22.2 Å². The van der Waals surface area contributed by atoms with Crippen molar-refractivity contribution in [3.63, 3.8) is 0 Å². The number of ether oxygens (including phenoxy) is 2. The van der Waals surface area contributed by atoms with Crippen molar-refractivity contribution in [2.75, 3.05) is 19.7 Å². The molecule has 0 saturated carbocycles. The highest BCUT2D eigenvalue weighted by atomic mass is 19.1. The number of aromatic amines is 1. The van der Waals surface area contributed by atoms with Gasteiger partial charge in [-0.3, -0.25) is 0 Å². The number of hydrogen-bond donors (Lipinski definition) is 3. The summed E-state index contributed by atoms with van der Waals surface area (Å²) in [5.41, 5.74) is 2.45. The highest BCUT2D eigenvalue weighted by Gasteiger charge is 2.23. The van der Waals surface area contributed by atoms with E-state index in [9.17, 15) is 19.1 Å². The lowest BCUT2D eigenvalue weighted by Gasteiger charge is -2.24. The molecule has 0 aliphatic carbocycles. The van der Waals surface area contributed by atoms with Gasteiger partial charge in [-0.2, -0.15) is 0 Å². The van der Waals surface area contributed by atoms with Crippen LogP contribution in [-0.2, 0) is 17.7 Å². The van der Waals surface area contributed by atoms with E-state index in [1.807, 2.05) is 12.1 Å². The lowest BCUT2D eigenvalue weighted by atomic mass is 10.0. The van der Waals surface area contributed by atoms with E-state index in [0.29, 0.717) is 31.6 Å². The number of fused-ring (bicyclic) bond motifs is 3. The van der Waals surface area contributed by atoms with Crippen molar-refractivity contribution in [3.8, 4) is 5.75 Å². The van der Waals surface area contributed by atoms with E-state index < -0.39 is 17.8 Å². The number of hydrogen-bond acceptors (Lipinski definition) is 4. The van der Waals surface area contributed by atoms with E-state index in [4.69, 9.17) is 9.47 Å². The smallest absolute Gasteiger partial charge is 0.407 e. The van der Waals surface area contributed by atoms with Gasteiger partial charge in [0.1, 0.15) is 18.0 Å². The van der Waals surface area contributed by atoms with Crippen LogP contribution in [0, 0.1) is 0 Å². The molecule has 1 aromatic heterocycles. The maximum Gasteiger partial charge on any atom is 0.407 e. The molecule has 2 heterocycles. The average Bonchev–Trinajstić information content (AvgIpc) is 3.04. The molecular formula is C21H26FN3O5. The van der Waals surface area contributed by atoms with E-state index >= 15 is 0 Å². The number of carbonyl (C=O) groups is 2. The SMILES string of the molecule is CC(C)(C)OC(=O)NC/C(=C\F)COc1ccc2[nH]c3c(c2c1)CN(C(=O)O)CC3. The summed E-state index contributed by atoms with van der Waals surface area (Å²) < 4.78 is 24.0. The van der Waals surface area contributed by atoms with Gasteiger partial charge in [0.2, 0.25) is 0 Å². The molecule has 1 aliphatic rings. The van der Waals surface area contributed by atoms with Crippen LogP contribution in [0.2, 0.25) is 0 Å². The molecule has 2 aromatic rings. The Morgan fingerprint density at radius 2 is 2.13 bits per heavy atom. The minimum atomic E-state index is -0.947. The molecule has 3 N–H and O–H groups in total. The lowest BCUT2D eigenvalue weighted by Crippen LogP contribution is -2.34. The van der Waals surface area contributed by atoms with Crippen LogP contribution in [0.15, 0.2) is 30.1 Å². The minimum Gasteiger partial charge on any atom is -0.489 e. The van der Waals surface area contributed by atoms with Crippen LogP contribution < -0.4 is 10.1 Å². The molecule has 8 nitrogen and oxygen atoms in total. The maximum absolute atomic E-state index is 13.2. The number of alkyl carbamates (subject to hydrolysis) is 1. The molecule has 2 amide bonds. The van der Waals surface area contributed by atoms with Crippen LogP contribution in [-0.4, -0.2) is 52.5 Å². The van der Waals surface area contributed by atoms with Crippen LogP contribution in [0.4, 0.5) is 14.0 Å². The Bertz CT molecular complexity index is 977. The highest BCUT2D eigenvalue weighted by Crippen LogP contribution is 2.30. The third-order valence-corrected chi connectivity index (χ3v) is 4.65. The monoisotopic (exact) mass is 419 g/mol. The molecule has 9 heteroatoms. The van der Waals surface area contributed by atoms with Crippen molar-refractivity contribution in [3.05, 3.63) is 41.4 Å². The molecule has 3 rings (SSSR count). The summed E-state index contributed by atoms with van der Waals surface area (Å²) in [5.74, 6) is 0.522. The van der Waals surface area contributed by atoms with Gasteiger partial charge < -0.3 is 29.8 Å². The molecule has 1 aromatic carbocycles. The second-order valence-electron chi connectivity index (χ2n) is 8.16. The third-order valence-electron chi connectivity index (χ3n) is 4.65. The van der Waals surface area contributed by atoms with E-state index in [2.05, 4.69) is 10.3 Å². The first-order valence-electron chi connectivity index (χ1n) is 9.65. The molecule has 0 saturated heterocycles. The summed E-state index contributed by atoms with van der Waals surface area (Å²) in [7, 11) is 0. The number of carboxylic acid groups (broad SMARTS) is 1. The van der Waals surface area contributed by atoms with Gasteiger partial charge in [-0.25, -0.2) is 14.0 Å². The van der Waals surface area contributed by atoms with Gasteiger partial charge in [0.05, 0.1) is 12.9 Å². The zero-order chi connectivity index (χ0) is 21.9. The van der Waals surface area contributed by atoms with Gasteiger partial charge in [-0.15, -0.1) is 0 Å². The summed E-state index contributed by atoms with van der Waals surface area (Å²) in [6.07, 6.45) is -0.557. The summed E-state index contributed by atoms with van der Waals surface area (Å²) in [4.78, 5) is 27.7. The fraction of sp³-hybridized carbons (Fsp3) is 0.429. The molecule has 0 spiro atoms. The Labute approximate surface area is 173 Å². The second-order valence-corrected chi connectivity index (χ2v) is 8.16. The molecule has 30 heavy (non-hydrogen) atoms. The predicted octanol–water partition coefficient (Wildman–Crippen LogP) is 3.96. The van der Waals surface area contributed by atoms with Crippen LogP contribution in [0.5, 0.6) is 5.75 Å². The molecular weight excluding hydrogens is 393 g/mol. The largest absolute Gasteiger partial charge is 0.489 e. The standard InChI is InChI=1S/C21H26FN3O5/c1-21(2,3)30-19(26)23-10-13(9-22)12-29-14-4-5-17-15(8-14)16-11-25(20(27)28)7-6-18(16)24-17/h4-5,8-9,24H,6-7,10-12H2,1-3H3,(H,23,26)(H,27,28)/b13-9+.